The molecule has 0 spiro atoms. The lowest BCUT2D eigenvalue weighted by atomic mass is 9.80. The number of hydrogen-bond acceptors (Lipinski definition) is 4. The monoisotopic (exact) mass is 316 g/mol. The van der Waals surface area contributed by atoms with Crippen molar-refractivity contribution in [1.29, 1.82) is 0 Å². The lowest BCUT2D eigenvalue weighted by molar-refractivity contribution is -0.267. The number of alkyl halides is 2. The number of nitrogens with two attached hydrogens (primary N) is 1. The second kappa shape index (κ2) is 5.33. The summed E-state index contributed by atoms with van der Waals surface area (Å²) in [6.07, 6.45) is -2.43. The van der Waals surface area contributed by atoms with E-state index >= 15 is 0 Å². The number of halogens is 2. The lowest BCUT2D eigenvalue weighted by Crippen LogP contribution is -2.56. The second-order valence-electron chi connectivity index (χ2n) is 6.80. The van der Waals surface area contributed by atoms with E-state index in [2.05, 4.69) is 0 Å². The Morgan fingerprint density at radius 2 is 1.91 bits per heavy atom. The van der Waals surface area contributed by atoms with Crippen LogP contribution >= 0.6 is 0 Å². The Labute approximate surface area is 127 Å². The van der Waals surface area contributed by atoms with E-state index < -0.39 is 24.4 Å². The highest BCUT2D eigenvalue weighted by atomic mass is 19.3. The number of likely N-dealkylation sites (tertiary alicyclic amines) is 2. The van der Waals surface area contributed by atoms with Gasteiger partial charge in [-0.1, -0.05) is 0 Å². The van der Waals surface area contributed by atoms with Crippen LogP contribution in [0, 0.1) is 5.41 Å². The minimum absolute atomic E-state index is 0.218. The molecular formula is C14H20F2N3O3-. The molecule has 0 unspecified atom stereocenters. The molecule has 124 valence electrons. The molecule has 2 saturated heterocycles. The normalized spacial score (nSPS) is 37.4. The van der Waals surface area contributed by atoms with E-state index in [0.717, 1.165) is 0 Å². The molecule has 6 nitrogen and oxygen atoms in total. The first kappa shape index (κ1) is 15.5. The van der Waals surface area contributed by atoms with Crippen LogP contribution in [0.25, 0.3) is 0 Å². The molecule has 3 rings (SSSR count). The third-order valence-corrected chi connectivity index (χ3v) is 5.38. The maximum Gasteiger partial charge on any atom is 0.239 e. The van der Waals surface area contributed by atoms with Gasteiger partial charge in [-0.3, -0.25) is 4.79 Å². The van der Waals surface area contributed by atoms with Crippen LogP contribution in [0.3, 0.4) is 0 Å². The van der Waals surface area contributed by atoms with Gasteiger partial charge in [0.25, 0.3) is 0 Å². The van der Waals surface area contributed by atoms with E-state index in [1.165, 1.54) is 4.90 Å². The molecule has 2 bridgehead atoms. The summed E-state index contributed by atoms with van der Waals surface area (Å²) in [6, 6.07) is -0.707. The van der Waals surface area contributed by atoms with Gasteiger partial charge in [-0.2, -0.15) is 0 Å². The molecule has 4 atom stereocenters. The topological polar surface area (TPSA) is 89.7 Å². The van der Waals surface area contributed by atoms with E-state index in [0.29, 0.717) is 19.3 Å². The van der Waals surface area contributed by atoms with Gasteiger partial charge in [-0.05, 0) is 25.7 Å². The molecule has 1 aliphatic carbocycles. The van der Waals surface area contributed by atoms with Crippen molar-refractivity contribution < 1.29 is 23.5 Å². The van der Waals surface area contributed by atoms with Gasteiger partial charge in [0.2, 0.25) is 12.3 Å². The molecule has 3 fully saturated rings. The van der Waals surface area contributed by atoms with Crippen LogP contribution in [0.15, 0.2) is 0 Å². The van der Waals surface area contributed by atoms with E-state index in [-0.39, 0.29) is 43.5 Å². The number of carbonyl (C=O) groups is 2. The molecule has 2 heterocycles. The summed E-state index contributed by atoms with van der Waals surface area (Å²) in [4.78, 5) is 26.7. The Kier molecular flexibility index (Phi) is 3.74. The summed E-state index contributed by atoms with van der Waals surface area (Å²) in [5, 5.41) is 11.0. The van der Waals surface area contributed by atoms with Crippen LogP contribution in [0.4, 0.5) is 13.6 Å². The van der Waals surface area contributed by atoms with Crippen molar-refractivity contribution in [3.8, 4) is 0 Å². The van der Waals surface area contributed by atoms with Crippen molar-refractivity contribution in [3.05, 3.63) is 0 Å². The second-order valence-corrected chi connectivity index (χ2v) is 6.80. The lowest BCUT2D eigenvalue weighted by Gasteiger charge is -2.40. The molecule has 3 aliphatic rings. The van der Waals surface area contributed by atoms with Crippen molar-refractivity contribution in [3.63, 3.8) is 0 Å². The van der Waals surface area contributed by atoms with Crippen LogP contribution in [0.5, 0.6) is 0 Å². The minimum Gasteiger partial charge on any atom is -0.530 e. The summed E-state index contributed by atoms with van der Waals surface area (Å²) in [5.41, 5.74) is 4.77. The third-order valence-electron chi connectivity index (χ3n) is 5.38. The molecule has 0 aromatic carbocycles. The number of fused-ring (bicyclic) bond motifs is 2. The molecular weight excluding hydrogens is 296 g/mol. The first-order valence-electron chi connectivity index (χ1n) is 7.65. The SMILES string of the molecule is N[C@@H]1CC[C@](CC(F)F)(C(=O)N2C[C@@H]3C[C@H]2CN3C(=O)[O-])C1. The average Bonchev–Trinajstić information content (AvgIpc) is 3.11. The zero-order chi connectivity index (χ0) is 16.1. The van der Waals surface area contributed by atoms with Crippen molar-refractivity contribution in [2.45, 2.75) is 56.7 Å². The summed E-state index contributed by atoms with van der Waals surface area (Å²) >= 11 is 0. The van der Waals surface area contributed by atoms with Gasteiger partial charge in [0, 0.05) is 31.6 Å². The number of carbonyl (C=O) groups excluding carboxylic acids is 2. The molecule has 0 aromatic rings. The zero-order valence-electron chi connectivity index (χ0n) is 12.2. The highest BCUT2D eigenvalue weighted by Gasteiger charge is 2.53. The Bertz CT molecular complexity index is 490. The van der Waals surface area contributed by atoms with Crippen molar-refractivity contribution in [1.82, 2.24) is 9.80 Å². The maximum absolute atomic E-state index is 13.0. The Morgan fingerprint density at radius 3 is 2.36 bits per heavy atom. The summed E-state index contributed by atoms with van der Waals surface area (Å²) in [6.45, 7) is 0.493. The number of amides is 2. The third kappa shape index (κ3) is 2.43. The summed E-state index contributed by atoms with van der Waals surface area (Å²) < 4.78 is 25.9. The number of piperazine rings is 1. The molecule has 1 saturated carbocycles. The molecule has 2 N–H and O–H groups in total. The fourth-order valence-electron chi connectivity index (χ4n) is 4.37. The number of hydrogen-bond donors (Lipinski definition) is 1. The van der Waals surface area contributed by atoms with Gasteiger partial charge in [0.1, 0.15) is 6.09 Å². The number of nitrogens with zero attached hydrogens (tertiary/aromatic N) is 2. The predicted octanol–water partition coefficient (Wildman–Crippen LogP) is -0.232. The molecule has 0 radical (unpaired) electrons. The van der Waals surface area contributed by atoms with E-state index in [4.69, 9.17) is 5.73 Å². The van der Waals surface area contributed by atoms with Crippen LogP contribution in [-0.2, 0) is 4.79 Å². The highest BCUT2D eigenvalue weighted by Crippen LogP contribution is 2.46. The number of carboxylic acid groups (broad SMARTS) is 1. The Morgan fingerprint density at radius 1 is 1.27 bits per heavy atom. The van der Waals surface area contributed by atoms with Crippen molar-refractivity contribution in [2.24, 2.45) is 11.1 Å². The molecule has 2 amide bonds. The summed E-state index contributed by atoms with van der Waals surface area (Å²) in [7, 11) is 0. The zero-order valence-corrected chi connectivity index (χ0v) is 12.2. The van der Waals surface area contributed by atoms with Gasteiger partial charge < -0.3 is 25.4 Å². The Hall–Kier alpha value is -1.44. The predicted molar refractivity (Wildman–Crippen MR) is 70.9 cm³/mol. The molecule has 22 heavy (non-hydrogen) atoms. The maximum atomic E-state index is 13.0. The molecule has 2 aliphatic heterocycles. The van der Waals surface area contributed by atoms with Crippen LogP contribution < -0.4 is 10.8 Å². The van der Waals surface area contributed by atoms with Gasteiger partial charge in [0.05, 0.1) is 11.5 Å². The fourth-order valence-corrected chi connectivity index (χ4v) is 4.37. The quantitative estimate of drug-likeness (QED) is 0.778. The largest absolute Gasteiger partial charge is 0.530 e. The van der Waals surface area contributed by atoms with E-state index in [9.17, 15) is 23.5 Å². The van der Waals surface area contributed by atoms with Crippen molar-refractivity contribution in [2.75, 3.05) is 13.1 Å². The average molecular weight is 316 g/mol. The van der Waals surface area contributed by atoms with Crippen LogP contribution in [0.1, 0.15) is 32.1 Å². The van der Waals surface area contributed by atoms with Gasteiger partial charge >= 0.3 is 0 Å². The van der Waals surface area contributed by atoms with Gasteiger partial charge in [0.15, 0.2) is 0 Å². The molecule has 8 heteroatoms. The van der Waals surface area contributed by atoms with Gasteiger partial charge in [-0.15, -0.1) is 0 Å². The first-order valence-corrected chi connectivity index (χ1v) is 7.65. The van der Waals surface area contributed by atoms with E-state index in [1.54, 1.807) is 4.90 Å². The van der Waals surface area contributed by atoms with Crippen LogP contribution in [0.2, 0.25) is 0 Å². The highest BCUT2D eigenvalue weighted by molar-refractivity contribution is 5.84. The van der Waals surface area contributed by atoms with E-state index in [1.807, 2.05) is 0 Å². The summed E-state index contributed by atoms with van der Waals surface area (Å²) in [5.74, 6) is -0.272. The Balaban J connectivity index is 1.75. The number of rotatable bonds is 3. The fraction of sp³-hybridized carbons (Fsp3) is 0.857. The van der Waals surface area contributed by atoms with Gasteiger partial charge in [-0.25, -0.2) is 8.78 Å². The first-order chi connectivity index (χ1) is 10.3. The minimum atomic E-state index is -2.55. The smallest absolute Gasteiger partial charge is 0.239 e. The van der Waals surface area contributed by atoms with Crippen molar-refractivity contribution >= 4 is 12.0 Å². The molecule has 0 aromatic heterocycles. The standard InChI is InChI=1S/C14H21F2N3O3/c15-11(16)5-14(2-1-8(17)4-14)12(20)18-6-10-3-9(18)7-19(10)13(21)22/h8-11H,1-7,17H2,(H,21,22)/p-1/t8-,9+,10+,14+/m1/s1. The van der Waals surface area contributed by atoms with Crippen LogP contribution in [-0.4, -0.2) is 59.4 Å².